The van der Waals surface area contributed by atoms with Crippen molar-refractivity contribution in [1.29, 1.82) is 0 Å². The number of hydrogen-bond acceptors (Lipinski definition) is 3. The molecule has 4 rings (SSSR count). The molecule has 2 fully saturated rings. The molecule has 1 spiro atoms. The van der Waals surface area contributed by atoms with Gasteiger partial charge in [0.25, 0.3) is 0 Å². The van der Waals surface area contributed by atoms with E-state index in [-0.39, 0.29) is 24.2 Å². The van der Waals surface area contributed by atoms with Gasteiger partial charge in [-0.3, -0.25) is 4.79 Å². The summed E-state index contributed by atoms with van der Waals surface area (Å²) >= 11 is 0. The molecule has 1 saturated heterocycles. The number of halogens is 2. The van der Waals surface area contributed by atoms with Crippen LogP contribution < -0.4 is 4.74 Å². The summed E-state index contributed by atoms with van der Waals surface area (Å²) in [5.41, 5.74) is 0.308. The number of fused-ring (bicyclic) bond motifs is 1. The first-order valence-corrected chi connectivity index (χ1v) is 9.86. The van der Waals surface area contributed by atoms with Crippen LogP contribution in [0.15, 0.2) is 24.3 Å². The first-order chi connectivity index (χ1) is 12.4. The van der Waals surface area contributed by atoms with Crippen LogP contribution in [-0.4, -0.2) is 41.8 Å². The summed E-state index contributed by atoms with van der Waals surface area (Å²) in [6, 6.07) is 7.51. The van der Waals surface area contributed by atoms with Crippen molar-refractivity contribution in [2.45, 2.75) is 62.9 Å². The Morgan fingerprint density at radius 1 is 1.08 bits per heavy atom. The molecule has 1 aliphatic carbocycles. The van der Waals surface area contributed by atoms with Gasteiger partial charge >= 0.3 is 0 Å². The Bertz CT molecular complexity index is 668. The Morgan fingerprint density at radius 2 is 1.85 bits per heavy atom. The van der Waals surface area contributed by atoms with Gasteiger partial charge in [-0.15, -0.1) is 0 Å². The zero-order chi connectivity index (χ0) is 18.2. The van der Waals surface area contributed by atoms with Gasteiger partial charge in [0.1, 0.15) is 11.4 Å². The Balaban J connectivity index is 1.37. The van der Waals surface area contributed by atoms with Gasteiger partial charge in [0.05, 0.1) is 12.0 Å². The molecule has 1 saturated carbocycles. The van der Waals surface area contributed by atoms with E-state index in [1.165, 1.54) is 0 Å². The molecular weight excluding hydrogens is 336 g/mol. The summed E-state index contributed by atoms with van der Waals surface area (Å²) in [4.78, 5) is 15.0. The number of alkyl halides is 2. The van der Waals surface area contributed by atoms with Crippen LogP contribution >= 0.6 is 0 Å². The van der Waals surface area contributed by atoms with Crippen LogP contribution in [0, 0.1) is 5.92 Å². The fraction of sp³-hybridized carbons (Fsp3) is 0.667. The first kappa shape index (κ1) is 17.9. The molecule has 1 aromatic rings. The lowest BCUT2D eigenvalue weighted by Gasteiger charge is -2.37. The molecule has 0 bridgehead atoms. The van der Waals surface area contributed by atoms with Crippen molar-refractivity contribution in [3.05, 3.63) is 29.8 Å². The number of carbonyl (C=O) groups is 1. The minimum absolute atomic E-state index is 0.0316. The van der Waals surface area contributed by atoms with Crippen LogP contribution in [0.25, 0.3) is 0 Å². The SMILES string of the molecule is O=C1CC2(CCCN(CC3CCC(F)(F)CC3)CC2)Oc2ccccc21. The minimum Gasteiger partial charge on any atom is -0.486 e. The first-order valence-electron chi connectivity index (χ1n) is 9.86. The van der Waals surface area contributed by atoms with Crippen LogP contribution in [0.4, 0.5) is 8.78 Å². The Labute approximate surface area is 153 Å². The molecule has 142 valence electrons. The average molecular weight is 363 g/mol. The van der Waals surface area contributed by atoms with Gasteiger partial charge in [0, 0.05) is 32.4 Å². The van der Waals surface area contributed by atoms with Crippen LogP contribution in [0.5, 0.6) is 5.75 Å². The van der Waals surface area contributed by atoms with E-state index in [4.69, 9.17) is 4.74 Å². The second kappa shape index (κ2) is 6.91. The summed E-state index contributed by atoms with van der Waals surface area (Å²) in [6.45, 7) is 2.74. The monoisotopic (exact) mass is 363 g/mol. The molecule has 0 N–H and O–H groups in total. The maximum absolute atomic E-state index is 13.4. The Kier molecular flexibility index (Phi) is 4.76. The maximum Gasteiger partial charge on any atom is 0.248 e. The second-order valence-electron chi connectivity index (χ2n) is 8.33. The molecule has 2 heterocycles. The van der Waals surface area contributed by atoms with E-state index < -0.39 is 5.92 Å². The molecule has 26 heavy (non-hydrogen) atoms. The standard InChI is InChI=1S/C21H27F2NO2/c22-21(23)9-6-16(7-10-21)15-24-12-3-8-20(11-13-24)14-18(25)17-4-1-2-5-19(17)26-20/h1-2,4-5,16H,3,6-15H2. The predicted molar refractivity (Wildman–Crippen MR) is 95.9 cm³/mol. The van der Waals surface area contributed by atoms with Gasteiger partial charge in [-0.1, -0.05) is 12.1 Å². The molecule has 1 unspecified atom stereocenters. The lowest BCUT2D eigenvalue weighted by molar-refractivity contribution is -0.0489. The van der Waals surface area contributed by atoms with Gasteiger partial charge in [-0.2, -0.15) is 0 Å². The van der Waals surface area contributed by atoms with E-state index in [2.05, 4.69) is 4.90 Å². The molecule has 5 heteroatoms. The number of Topliss-reactive ketones (excluding diaryl/α,β-unsaturated/α-hetero) is 1. The quantitative estimate of drug-likeness (QED) is 0.763. The Morgan fingerprint density at radius 3 is 2.65 bits per heavy atom. The maximum atomic E-state index is 13.4. The molecule has 0 aromatic heterocycles. The van der Waals surface area contributed by atoms with E-state index in [0.29, 0.717) is 36.5 Å². The zero-order valence-corrected chi connectivity index (χ0v) is 15.2. The third kappa shape index (κ3) is 3.78. The lowest BCUT2D eigenvalue weighted by atomic mass is 9.84. The number of nitrogens with zero attached hydrogens (tertiary/aromatic N) is 1. The molecule has 2 aliphatic heterocycles. The Hall–Kier alpha value is -1.49. The highest BCUT2D eigenvalue weighted by molar-refractivity contribution is 6.00. The van der Waals surface area contributed by atoms with Gasteiger partial charge in [-0.05, 0) is 50.3 Å². The van der Waals surface area contributed by atoms with E-state index in [9.17, 15) is 13.6 Å². The highest BCUT2D eigenvalue weighted by Crippen LogP contribution is 2.40. The van der Waals surface area contributed by atoms with Crippen molar-refractivity contribution in [3.8, 4) is 5.75 Å². The van der Waals surface area contributed by atoms with E-state index in [1.54, 1.807) is 0 Å². The van der Waals surface area contributed by atoms with Gasteiger partial charge in [0.15, 0.2) is 5.78 Å². The van der Waals surface area contributed by atoms with Crippen LogP contribution in [0.2, 0.25) is 0 Å². The van der Waals surface area contributed by atoms with E-state index >= 15 is 0 Å². The molecular formula is C21H27F2NO2. The molecule has 0 amide bonds. The number of ether oxygens (including phenoxy) is 1. The van der Waals surface area contributed by atoms with Crippen LogP contribution in [0.3, 0.4) is 0 Å². The topological polar surface area (TPSA) is 29.5 Å². The number of ketones is 1. The number of carbonyl (C=O) groups excluding carboxylic acids is 1. The lowest BCUT2D eigenvalue weighted by Crippen LogP contribution is -2.43. The number of rotatable bonds is 2. The fourth-order valence-corrected chi connectivity index (χ4v) is 4.78. The molecule has 1 atom stereocenters. The van der Waals surface area contributed by atoms with Gasteiger partial charge in [0.2, 0.25) is 5.92 Å². The average Bonchev–Trinajstić information content (AvgIpc) is 2.79. The third-order valence-corrected chi connectivity index (χ3v) is 6.34. The summed E-state index contributed by atoms with van der Waals surface area (Å²) in [6.07, 6.45) is 4.45. The number of para-hydroxylation sites is 1. The van der Waals surface area contributed by atoms with E-state index in [1.807, 2.05) is 24.3 Å². The largest absolute Gasteiger partial charge is 0.486 e. The van der Waals surface area contributed by atoms with Crippen molar-refractivity contribution in [1.82, 2.24) is 4.90 Å². The van der Waals surface area contributed by atoms with Gasteiger partial charge < -0.3 is 9.64 Å². The number of hydrogen-bond donors (Lipinski definition) is 0. The summed E-state index contributed by atoms with van der Waals surface area (Å²) in [5, 5.41) is 0. The summed E-state index contributed by atoms with van der Waals surface area (Å²) in [7, 11) is 0. The van der Waals surface area contributed by atoms with Crippen molar-refractivity contribution in [3.63, 3.8) is 0 Å². The van der Waals surface area contributed by atoms with Crippen LogP contribution in [-0.2, 0) is 0 Å². The van der Waals surface area contributed by atoms with Crippen molar-refractivity contribution < 1.29 is 18.3 Å². The molecule has 3 nitrogen and oxygen atoms in total. The van der Waals surface area contributed by atoms with Crippen molar-refractivity contribution >= 4 is 5.78 Å². The summed E-state index contributed by atoms with van der Waals surface area (Å²) in [5.74, 6) is -1.19. The highest BCUT2D eigenvalue weighted by atomic mass is 19.3. The minimum atomic E-state index is -2.46. The molecule has 0 radical (unpaired) electrons. The number of benzene rings is 1. The summed E-state index contributed by atoms with van der Waals surface area (Å²) < 4.78 is 33.0. The van der Waals surface area contributed by atoms with E-state index in [0.717, 1.165) is 38.9 Å². The molecule has 1 aromatic carbocycles. The third-order valence-electron chi connectivity index (χ3n) is 6.34. The number of likely N-dealkylation sites (tertiary alicyclic amines) is 1. The van der Waals surface area contributed by atoms with Crippen LogP contribution in [0.1, 0.15) is 61.7 Å². The predicted octanol–water partition coefficient (Wildman–Crippen LogP) is 4.70. The van der Waals surface area contributed by atoms with Crippen molar-refractivity contribution in [2.75, 3.05) is 19.6 Å². The van der Waals surface area contributed by atoms with Gasteiger partial charge in [-0.25, -0.2) is 8.78 Å². The molecule has 3 aliphatic rings. The zero-order valence-electron chi connectivity index (χ0n) is 15.2. The highest BCUT2D eigenvalue weighted by Gasteiger charge is 2.42. The van der Waals surface area contributed by atoms with Crippen molar-refractivity contribution in [2.24, 2.45) is 5.92 Å². The fourth-order valence-electron chi connectivity index (χ4n) is 4.78. The second-order valence-corrected chi connectivity index (χ2v) is 8.33. The normalized spacial score (nSPS) is 29.8. The smallest absolute Gasteiger partial charge is 0.248 e.